The number of carbonyl (C=O) groups is 4. The molecule has 0 bridgehead atoms. The molecule has 176 valence electrons. The van der Waals surface area contributed by atoms with Crippen molar-refractivity contribution in [1.29, 1.82) is 0 Å². The Bertz CT molecular complexity index is 932. The number of carbonyl (C=O) groups excluding carboxylic acids is 3. The van der Waals surface area contributed by atoms with Crippen LogP contribution in [-0.2, 0) is 37.1 Å². The van der Waals surface area contributed by atoms with Crippen LogP contribution in [0.4, 0.5) is 4.79 Å². The van der Waals surface area contributed by atoms with Crippen LogP contribution < -0.4 is 10.6 Å². The zero-order chi connectivity index (χ0) is 24.2. The van der Waals surface area contributed by atoms with Crippen LogP contribution in [-0.4, -0.2) is 41.1 Å². The van der Waals surface area contributed by atoms with Gasteiger partial charge in [-0.3, -0.25) is 9.59 Å². The molecule has 0 radical (unpaired) electrons. The third-order valence-electron chi connectivity index (χ3n) is 4.66. The third-order valence-corrected chi connectivity index (χ3v) is 4.66. The maximum Gasteiger partial charge on any atom is 0.408 e. The van der Waals surface area contributed by atoms with Gasteiger partial charge in [-0.1, -0.05) is 74.5 Å². The molecule has 0 saturated heterocycles. The number of nitrogens with one attached hydrogen (secondary N) is 2. The summed E-state index contributed by atoms with van der Waals surface area (Å²) in [6.07, 6.45) is -1.38. The van der Waals surface area contributed by atoms with E-state index in [2.05, 4.69) is 10.6 Å². The molecule has 0 aliphatic carbocycles. The van der Waals surface area contributed by atoms with Gasteiger partial charge in [0.2, 0.25) is 5.91 Å². The van der Waals surface area contributed by atoms with Crippen molar-refractivity contribution in [3.8, 4) is 0 Å². The highest BCUT2D eigenvalue weighted by Crippen LogP contribution is 2.07. The normalized spacial score (nSPS) is 12.3. The van der Waals surface area contributed by atoms with Crippen LogP contribution in [0.25, 0.3) is 0 Å². The van der Waals surface area contributed by atoms with Crippen molar-refractivity contribution < 1.29 is 33.8 Å². The summed E-state index contributed by atoms with van der Waals surface area (Å²) in [5, 5.41) is 14.2. The largest absolute Gasteiger partial charge is 0.480 e. The summed E-state index contributed by atoms with van der Waals surface area (Å²) < 4.78 is 10.2. The summed E-state index contributed by atoms with van der Waals surface area (Å²) in [6.45, 7) is 3.38. The highest BCUT2D eigenvalue weighted by molar-refractivity contribution is 5.91. The minimum atomic E-state index is -1.51. The Balaban J connectivity index is 1.89. The van der Waals surface area contributed by atoms with E-state index in [1.165, 1.54) is 0 Å². The maximum absolute atomic E-state index is 12.7. The predicted molar refractivity (Wildman–Crippen MR) is 119 cm³/mol. The average Bonchev–Trinajstić information content (AvgIpc) is 2.80. The first-order chi connectivity index (χ1) is 15.8. The van der Waals surface area contributed by atoms with Crippen molar-refractivity contribution >= 4 is 23.9 Å². The molecule has 2 amide bonds. The van der Waals surface area contributed by atoms with Crippen LogP contribution in [0.15, 0.2) is 60.7 Å². The minimum absolute atomic E-state index is 0.0105. The Morgan fingerprint density at radius 1 is 0.818 bits per heavy atom. The lowest BCUT2D eigenvalue weighted by atomic mass is 10.0. The Kier molecular flexibility index (Phi) is 9.88. The van der Waals surface area contributed by atoms with Crippen LogP contribution in [0.3, 0.4) is 0 Å². The average molecular weight is 456 g/mol. The molecule has 2 rings (SSSR count). The second-order valence-corrected chi connectivity index (χ2v) is 7.68. The Hall–Kier alpha value is -3.88. The number of carboxylic acids is 1. The van der Waals surface area contributed by atoms with Crippen LogP contribution in [0, 0.1) is 5.92 Å². The zero-order valence-electron chi connectivity index (χ0n) is 18.5. The monoisotopic (exact) mass is 456 g/mol. The van der Waals surface area contributed by atoms with Gasteiger partial charge in [-0.15, -0.1) is 0 Å². The molecule has 0 heterocycles. The first-order valence-corrected chi connectivity index (χ1v) is 10.5. The molecule has 33 heavy (non-hydrogen) atoms. The predicted octanol–water partition coefficient (Wildman–Crippen LogP) is 2.64. The Labute approximate surface area is 192 Å². The number of hydrogen-bond acceptors (Lipinski definition) is 6. The summed E-state index contributed by atoms with van der Waals surface area (Å²) in [5.74, 6) is -3.28. The lowest BCUT2D eigenvalue weighted by Crippen LogP contribution is -2.54. The minimum Gasteiger partial charge on any atom is -0.480 e. The summed E-state index contributed by atoms with van der Waals surface area (Å²) in [7, 11) is 0. The molecule has 0 aliphatic heterocycles. The summed E-state index contributed by atoms with van der Waals surface area (Å²) in [4.78, 5) is 48.5. The van der Waals surface area contributed by atoms with Gasteiger partial charge in [0.25, 0.3) is 0 Å². The summed E-state index contributed by atoms with van der Waals surface area (Å²) >= 11 is 0. The van der Waals surface area contributed by atoms with Gasteiger partial charge >= 0.3 is 18.0 Å². The lowest BCUT2D eigenvalue weighted by molar-refractivity contribution is -0.151. The quantitative estimate of drug-likeness (QED) is 0.443. The molecule has 0 spiro atoms. The molecule has 2 atom stereocenters. The summed E-state index contributed by atoms with van der Waals surface area (Å²) in [6, 6.07) is 15.4. The van der Waals surface area contributed by atoms with Gasteiger partial charge in [0.05, 0.1) is 6.42 Å². The molecule has 3 N–H and O–H groups in total. The second kappa shape index (κ2) is 12.8. The molecular formula is C24H28N2O7. The van der Waals surface area contributed by atoms with Gasteiger partial charge in [-0.2, -0.15) is 0 Å². The Morgan fingerprint density at radius 3 is 1.82 bits per heavy atom. The molecule has 0 unspecified atom stereocenters. The zero-order valence-corrected chi connectivity index (χ0v) is 18.5. The smallest absolute Gasteiger partial charge is 0.408 e. The van der Waals surface area contributed by atoms with Crippen molar-refractivity contribution in [3.05, 3.63) is 71.8 Å². The van der Waals surface area contributed by atoms with Gasteiger partial charge in [-0.05, 0) is 17.0 Å². The van der Waals surface area contributed by atoms with E-state index in [0.29, 0.717) is 0 Å². The number of benzene rings is 2. The number of alkyl carbamates (subject to hydrolysis) is 1. The fourth-order valence-electron chi connectivity index (χ4n) is 2.85. The van der Waals surface area contributed by atoms with Crippen molar-refractivity contribution in [2.75, 3.05) is 0 Å². The Morgan fingerprint density at radius 2 is 1.33 bits per heavy atom. The van der Waals surface area contributed by atoms with E-state index in [1.807, 2.05) is 12.1 Å². The van der Waals surface area contributed by atoms with E-state index in [4.69, 9.17) is 9.47 Å². The SMILES string of the molecule is CC(C)[C@@H](NC(=O)OCc1ccccc1)C(=O)N[C@@H](CC(=O)OCc1ccccc1)C(=O)O. The fourth-order valence-corrected chi connectivity index (χ4v) is 2.85. The van der Waals surface area contributed by atoms with Crippen molar-refractivity contribution in [2.45, 2.75) is 45.6 Å². The number of amides is 2. The number of hydrogen-bond donors (Lipinski definition) is 3. The van der Waals surface area contributed by atoms with Crippen LogP contribution in [0.2, 0.25) is 0 Å². The molecule has 0 saturated carbocycles. The molecule has 0 aliphatic rings. The standard InChI is InChI=1S/C24H28N2O7/c1-16(2)21(26-24(31)33-15-18-11-7-4-8-12-18)22(28)25-19(23(29)30)13-20(27)32-14-17-9-5-3-6-10-17/h3-12,16,19,21H,13-15H2,1-2H3,(H,25,28)(H,26,31)(H,29,30)/t19-,21+/m0/s1. The lowest BCUT2D eigenvalue weighted by Gasteiger charge is -2.23. The van der Waals surface area contributed by atoms with Crippen molar-refractivity contribution in [2.24, 2.45) is 5.92 Å². The van der Waals surface area contributed by atoms with Gasteiger partial charge in [0.1, 0.15) is 25.3 Å². The number of rotatable bonds is 11. The number of ether oxygens (including phenoxy) is 2. The van der Waals surface area contributed by atoms with E-state index in [1.54, 1.807) is 62.4 Å². The van der Waals surface area contributed by atoms with Crippen LogP contribution >= 0.6 is 0 Å². The molecular weight excluding hydrogens is 428 g/mol. The van der Waals surface area contributed by atoms with E-state index < -0.39 is 42.4 Å². The second-order valence-electron chi connectivity index (χ2n) is 7.68. The topological polar surface area (TPSA) is 131 Å². The number of esters is 1. The highest BCUT2D eigenvalue weighted by Gasteiger charge is 2.30. The maximum atomic E-state index is 12.7. The van der Waals surface area contributed by atoms with E-state index in [9.17, 15) is 24.3 Å². The molecule has 0 aromatic heterocycles. The first-order valence-electron chi connectivity index (χ1n) is 10.5. The molecule has 0 fully saturated rings. The molecule has 9 heteroatoms. The first kappa shape index (κ1) is 25.4. The van der Waals surface area contributed by atoms with E-state index >= 15 is 0 Å². The molecule has 2 aromatic rings. The third kappa shape index (κ3) is 9.02. The van der Waals surface area contributed by atoms with Crippen LogP contribution in [0.5, 0.6) is 0 Å². The van der Waals surface area contributed by atoms with Gasteiger partial charge in [0.15, 0.2) is 0 Å². The van der Waals surface area contributed by atoms with Crippen LogP contribution in [0.1, 0.15) is 31.4 Å². The fraction of sp³-hybridized carbons (Fsp3) is 0.333. The van der Waals surface area contributed by atoms with Crippen molar-refractivity contribution in [3.63, 3.8) is 0 Å². The highest BCUT2D eigenvalue weighted by atomic mass is 16.5. The number of aliphatic carboxylic acids is 1. The van der Waals surface area contributed by atoms with Gasteiger partial charge < -0.3 is 25.2 Å². The summed E-state index contributed by atoms with van der Waals surface area (Å²) in [5.41, 5.74) is 1.53. The van der Waals surface area contributed by atoms with Crippen molar-refractivity contribution in [1.82, 2.24) is 10.6 Å². The molecule has 9 nitrogen and oxygen atoms in total. The number of carboxylic acid groups (broad SMARTS) is 1. The van der Waals surface area contributed by atoms with E-state index in [0.717, 1.165) is 11.1 Å². The van der Waals surface area contributed by atoms with E-state index in [-0.39, 0.29) is 19.1 Å². The van der Waals surface area contributed by atoms with Gasteiger partial charge in [0, 0.05) is 0 Å². The van der Waals surface area contributed by atoms with Gasteiger partial charge in [-0.25, -0.2) is 9.59 Å². The molecule has 2 aromatic carbocycles.